The molecule has 0 aromatic carbocycles. The maximum absolute atomic E-state index is 1.64. The molecule has 0 aliphatic heterocycles. The second-order valence-corrected chi connectivity index (χ2v) is 5.82. The minimum absolute atomic E-state index is 1.20. The van der Waals surface area contributed by atoms with Gasteiger partial charge in [0.15, 0.2) is 0 Å². The smallest absolute Gasteiger partial charge is 0.0323 e. The molecule has 12 heavy (non-hydrogen) atoms. The van der Waals surface area contributed by atoms with Gasteiger partial charge < -0.3 is 0 Å². The Morgan fingerprint density at radius 2 is 0.833 bits per heavy atom. The molecule has 0 aromatic heterocycles. The summed E-state index contributed by atoms with van der Waals surface area (Å²) in [6.07, 6.45) is 9.71. The van der Waals surface area contributed by atoms with E-state index in [4.69, 9.17) is 0 Å². The Balaban J connectivity index is 1.77. The van der Waals surface area contributed by atoms with Crippen molar-refractivity contribution >= 4 is 0 Å². The number of hydrogen-bond acceptors (Lipinski definition) is 0. The van der Waals surface area contributed by atoms with Crippen LogP contribution in [0.5, 0.6) is 0 Å². The molecule has 4 aliphatic rings. The molecule has 0 aromatic rings. The summed E-state index contributed by atoms with van der Waals surface area (Å²) < 4.78 is 0. The predicted octanol–water partition coefficient (Wildman–Crippen LogP) is 3.08. The van der Waals surface area contributed by atoms with Crippen LogP contribution in [0.25, 0.3) is 0 Å². The molecule has 4 aliphatic carbocycles. The molecule has 0 N–H and O–H groups in total. The lowest BCUT2D eigenvalue weighted by molar-refractivity contribution is 0.146. The van der Waals surface area contributed by atoms with Gasteiger partial charge >= 0.3 is 0 Å². The second-order valence-electron chi connectivity index (χ2n) is 5.82. The number of hydrogen-bond donors (Lipinski definition) is 0. The summed E-state index contributed by atoms with van der Waals surface area (Å²) >= 11 is 0. The molecule has 0 amide bonds. The summed E-state index contributed by atoms with van der Waals surface area (Å²) in [6.45, 7) is 0. The summed E-state index contributed by atoms with van der Waals surface area (Å²) in [5.74, 6) is 7.29. The Morgan fingerprint density at radius 1 is 0.500 bits per heavy atom. The highest BCUT2D eigenvalue weighted by molar-refractivity contribution is 5.08. The van der Waals surface area contributed by atoms with E-state index in [0.29, 0.717) is 0 Å². The van der Waals surface area contributed by atoms with Gasteiger partial charge in [-0.15, -0.1) is 0 Å². The molecule has 0 heteroatoms. The highest BCUT2D eigenvalue weighted by atomic mass is 14.6. The molecule has 0 saturated heterocycles. The Labute approximate surface area is 74.7 Å². The molecule has 0 spiro atoms. The van der Waals surface area contributed by atoms with E-state index in [1.165, 1.54) is 35.5 Å². The topological polar surface area (TPSA) is 0 Å². The van der Waals surface area contributed by atoms with Crippen LogP contribution in [0.1, 0.15) is 38.5 Å². The molecule has 4 saturated carbocycles. The highest BCUT2D eigenvalue weighted by Crippen LogP contribution is 2.67. The van der Waals surface area contributed by atoms with Crippen molar-refractivity contribution in [3.05, 3.63) is 0 Å². The SMILES string of the molecule is C1C[C@H]2C[C@@H]1C1C2[C@@H]2CC[C@H]1C2. The van der Waals surface area contributed by atoms with Gasteiger partial charge in [0.25, 0.3) is 0 Å². The van der Waals surface area contributed by atoms with Crippen LogP contribution in [0.2, 0.25) is 0 Å². The molecule has 0 nitrogen and oxygen atoms in total. The van der Waals surface area contributed by atoms with Crippen molar-refractivity contribution in [1.29, 1.82) is 0 Å². The van der Waals surface area contributed by atoms with Crippen LogP contribution in [0.4, 0.5) is 0 Å². The van der Waals surface area contributed by atoms with E-state index in [1.54, 1.807) is 38.5 Å². The van der Waals surface area contributed by atoms with Crippen molar-refractivity contribution in [3.8, 4) is 0 Å². The van der Waals surface area contributed by atoms with E-state index < -0.39 is 0 Å². The van der Waals surface area contributed by atoms with Gasteiger partial charge in [-0.25, -0.2) is 0 Å². The second kappa shape index (κ2) is 1.91. The molecule has 4 fully saturated rings. The van der Waals surface area contributed by atoms with Crippen molar-refractivity contribution in [2.24, 2.45) is 35.5 Å². The fourth-order valence-corrected chi connectivity index (χ4v) is 5.53. The van der Waals surface area contributed by atoms with Gasteiger partial charge in [-0.2, -0.15) is 0 Å². The molecule has 2 unspecified atom stereocenters. The van der Waals surface area contributed by atoms with Gasteiger partial charge in [-0.1, -0.05) is 0 Å². The minimum Gasteiger partial charge on any atom is -0.0499 e. The molecule has 6 atom stereocenters. The Bertz CT molecular complexity index is 176. The molecule has 66 valence electrons. The average molecular weight is 162 g/mol. The van der Waals surface area contributed by atoms with Gasteiger partial charge in [-0.05, 0) is 74.0 Å². The number of fused-ring (bicyclic) bond motifs is 9. The molecule has 4 rings (SSSR count). The Hall–Kier alpha value is 0. The first-order valence-electron chi connectivity index (χ1n) is 5.93. The lowest BCUT2D eigenvalue weighted by Gasteiger charge is -2.34. The maximum atomic E-state index is 1.64. The third-order valence-corrected chi connectivity index (χ3v) is 5.65. The van der Waals surface area contributed by atoms with Crippen molar-refractivity contribution in [3.63, 3.8) is 0 Å². The quantitative estimate of drug-likeness (QED) is 0.480. The maximum Gasteiger partial charge on any atom is -0.0323 e. The van der Waals surface area contributed by atoms with Gasteiger partial charge in [0.1, 0.15) is 0 Å². The summed E-state index contributed by atoms with van der Waals surface area (Å²) in [5.41, 5.74) is 0. The Morgan fingerprint density at radius 3 is 1.17 bits per heavy atom. The lowest BCUT2D eigenvalue weighted by atomic mass is 9.71. The summed E-state index contributed by atoms with van der Waals surface area (Å²) in [7, 11) is 0. The normalized spacial score (nSPS) is 66.0. The first-order chi connectivity index (χ1) is 5.93. The van der Waals surface area contributed by atoms with Crippen LogP contribution in [0.15, 0.2) is 0 Å². The van der Waals surface area contributed by atoms with E-state index >= 15 is 0 Å². The van der Waals surface area contributed by atoms with E-state index in [1.807, 2.05) is 0 Å². The molecule has 4 bridgehead atoms. The van der Waals surface area contributed by atoms with Crippen molar-refractivity contribution < 1.29 is 0 Å². The summed E-state index contributed by atoms with van der Waals surface area (Å²) in [6, 6.07) is 0. The van der Waals surface area contributed by atoms with Crippen molar-refractivity contribution in [1.82, 2.24) is 0 Å². The van der Waals surface area contributed by atoms with E-state index in [2.05, 4.69) is 0 Å². The zero-order chi connectivity index (χ0) is 7.71. The van der Waals surface area contributed by atoms with Crippen LogP contribution in [0.3, 0.4) is 0 Å². The van der Waals surface area contributed by atoms with E-state index in [-0.39, 0.29) is 0 Å². The summed E-state index contributed by atoms with van der Waals surface area (Å²) in [4.78, 5) is 0. The molecular weight excluding hydrogens is 144 g/mol. The zero-order valence-electron chi connectivity index (χ0n) is 7.71. The first-order valence-corrected chi connectivity index (χ1v) is 5.93. The van der Waals surface area contributed by atoms with Crippen molar-refractivity contribution in [2.75, 3.05) is 0 Å². The highest BCUT2D eigenvalue weighted by Gasteiger charge is 2.59. The van der Waals surface area contributed by atoms with Gasteiger partial charge in [0.05, 0.1) is 0 Å². The number of rotatable bonds is 0. The molecule has 0 heterocycles. The van der Waals surface area contributed by atoms with Gasteiger partial charge in [0, 0.05) is 0 Å². The van der Waals surface area contributed by atoms with E-state index in [9.17, 15) is 0 Å². The standard InChI is InChI=1S/C12H18/c1-2-8-5-7(1)11-9-3-4-10(6-9)12(8)11/h7-12H,1-6H2/t7-,8+,9+,10-,11?,12?. The monoisotopic (exact) mass is 162 g/mol. The molecular formula is C12H18. The van der Waals surface area contributed by atoms with Crippen LogP contribution in [0, 0.1) is 35.5 Å². The van der Waals surface area contributed by atoms with Gasteiger partial charge in [-0.3, -0.25) is 0 Å². The largest absolute Gasteiger partial charge is 0.0499 e. The fraction of sp³-hybridized carbons (Fsp3) is 1.00. The van der Waals surface area contributed by atoms with Gasteiger partial charge in [0.2, 0.25) is 0 Å². The predicted molar refractivity (Wildman–Crippen MR) is 48.6 cm³/mol. The molecule has 0 radical (unpaired) electrons. The van der Waals surface area contributed by atoms with Crippen LogP contribution in [-0.4, -0.2) is 0 Å². The van der Waals surface area contributed by atoms with Crippen molar-refractivity contribution in [2.45, 2.75) is 38.5 Å². The fourth-order valence-electron chi connectivity index (χ4n) is 5.53. The minimum atomic E-state index is 1.20. The average Bonchev–Trinajstić information content (AvgIpc) is 2.83. The Kier molecular flexibility index (Phi) is 1.03. The first kappa shape index (κ1) is 6.45. The third kappa shape index (κ3) is 0.561. The van der Waals surface area contributed by atoms with Crippen LogP contribution < -0.4 is 0 Å². The van der Waals surface area contributed by atoms with E-state index in [0.717, 1.165) is 0 Å². The van der Waals surface area contributed by atoms with Crippen LogP contribution in [-0.2, 0) is 0 Å². The third-order valence-electron chi connectivity index (χ3n) is 5.65. The van der Waals surface area contributed by atoms with Crippen LogP contribution >= 0.6 is 0 Å². The zero-order valence-corrected chi connectivity index (χ0v) is 7.71. The lowest BCUT2D eigenvalue weighted by Crippen LogP contribution is -2.27. The summed E-state index contributed by atoms with van der Waals surface area (Å²) in [5, 5.41) is 0.